The number of aliphatic hydroxyl groups is 2. The molecule has 0 saturated carbocycles. The number of carbonyl (C=O) groups excluding carboxylic acids is 2. The van der Waals surface area contributed by atoms with Crippen LogP contribution in [0.1, 0.15) is 18.4 Å². The summed E-state index contributed by atoms with van der Waals surface area (Å²) in [4.78, 5) is 50.9. The lowest BCUT2D eigenvalue weighted by Gasteiger charge is -2.12. The number of nitrogens with two attached hydrogens (primary N) is 1. The van der Waals surface area contributed by atoms with E-state index in [1.165, 1.54) is 12.3 Å². The van der Waals surface area contributed by atoms with Crippen LogP contribution in [0.25, 0.3) is 0 Å². The van der Waals surface area contributed by atoms with Crippen LogP contribution in [0.5, 0.6) is 0 Å². The number of aliphatic carboxylic acids is 1. The number of carboxylic acid groups (broad SMARTS) is 1. The molecule has 3 heterocycles. The molecule has 2 fully saturated rings. The Balaban J connectivity index is 0.000000349. The van der Waals surface area contributed by atoms with Crippen LogP contribution in [0.4, 0.5) is 16.3 Å². The van der Waals surface area contributed by atoms with Crippen molar-refractivity contribution in [2.75, 3.05) is 17.2 Å². The molecule has 2 amide bonds. The summed E-state index contributed by atoms with van der Waals surface area (Å²) in [6.07, 6.45) is -0.945. The quantitative estimate of drug-likeness (QED) is 0.199. The first kappa shape index (κ1) is 27.7. The van der Waals surface area contributed by atoms with Gasteiger partial charge in [-0.25, -0.2) is 14.6 Å². The fourth-order valence-electron chi connectivity index (χ4n) is 3.13. The van der Waals surface area contributed by atoms with Crippen molar-refractivity contribution in [1.29, 1.82) is 0 Å². The molecule has 15 nitrogen and oxygen atoms in total. The number of rotatable bonds is 9. The number of ether oxygens (including phenoxy) is 3. The summed E-state index contributed by atoms with van der Waals surface area (Å²) in [5.41, 5.74) is 5.93. The van der Waals surface area contributed by atoms with Gasteiger partial charge in [0.15, 0.2) is 6.29 Å². The van der Waals surface area contributed by atoms with Crippen molar-refractivity contribution in [2.24, 2.45) is 5.73 Å². The molecule has 37 heavy (non-hydrogen) atoms. The predicted octanol–water partition coefficient (Wildman–Crippen LogP) is -0.887. The minimum absolute atomic E-state index is 0.0183. The third-order valence-corrected chi connectivity index (χ3v) is 5.21. The molecule has 4 rings (SSSR count). The van der Waals surface area contributed by atoms with E-state index in [4.69, 9.17) is 35.3 Å². The monoisotopic (exact) mass is 521 g/mol. The van der Waals surface area contributed by atoms with Crippen LogP contribution in [0.2, 0.25) is 0 Å². The predicted molar refractivity (Wildman–Crippen MR) is 125 cm³/mol. The van der Waals surface area contributed by atoms with Crippen LogP contribution in [0.15, 0.2) is 41.3 Å². The maximum atomic E-state index is 11.8. The molecular formula is C22H27N5O10. The first-order chi connectivity index (χ1) is 17.7. The van der Waals surface area contributed by atoms with E-state index >= 15 is 0 Å². The van der Waals surface area contributed by atoms with Gasteiger partial charge in [-0.05, 0) is 30.2 Å². The van der Waals surface area contributed by atoms with Gasteiger partial charge >= 0.3 is 17.8 Å². The molecule has 2 aliphatic rings. The molecule has 2 saturated heterocycles. The number of nitrogens with one attached hydrogen (secondary N) is 3. The van der Waals surface area contributed by atoms with Crippen molar-refractivity contribution in [3.05, 3.63) is 52.6 Å². The van der Waals surface area contributed by atoms with Crippen LogP contribution in [0.3, 0.4) is 0 Å². The lowest BCUT2D eigenvalue weighted by Crippen LogP contribution is -2.31. The van der Waals surface area contributed by atoms with Gasteiger partial charge in [-0.3, -0.25) is 19.9 Å². The fraction of sp³-hybridized carbons (Fsp3) is 0.409. The molecule has 5 atom stereocenters. The zero-order valence-electron chi connectivity index (χ0n) is 19.4. The van der Waals surface area contributed by atoms with Crippen molar-refractivity contribution in [3.63, 3.8) is 0 Å². The van der Waals surface area contributed by atoms with Gasteiger partial charge in [-0.1, -0.05) is 12.1 Å². The van der Waals surface area contributed by atoms with Gasteiger partial charge < -0.3 is 40.6 Å². The normalized spacial score (nSPS) is 22.0. The molecule has 2 aliphatic heterocycles. The minimum Gasteiger partial charge on any atom is -0.480 e. The Morgan fingerprint density at radius 1 is 1.16 bits per heavy atom. The van der Waals surface area contributed by atoms with Crippen molar-refractivity contribution in [2.45, 2.75) is 50.1 Å². The van der Waals surface area contributed by atoms with E-state index in [0.717, 1.165) is 0 Å². The summed E-state index contributed by atoms with van der Waals surface area (Å²) >= 11 is 0. The highest BCUT2D eigenvalue weighted by atomic mass is 16.8. The van der Waals surface area contributed by atoms with Crippen molar-refractivity contribution in [1.82, 2.24) is 9.97 Å². The van der Waals surface area contributed by atoms with Crippen LogP contribution < -0.4 is 22.1 Å². The largest absolute Gasteiger partial charge is 0.480 e. The zero-order valence-corrected chi connectivity index (χ0v) is 19.4. The Bertz CT molecular complexity index is 1140. The maximum Gasteiger partial charge on any atom is 0.413 e. The van der Waals surface area contributed by atoms with E-state index in [1.54, 1.807) is 24.3 Å². The Kier molecular flexibility index (Phi) is 9.64. The van der Waals surface area contributed by atoms with E-state index in [-0.39, 0.29) is 50.2 Å². The highest BCUT2D eigenvalue weighted by Gasteiger charge is 2.56. The number of carbonyl (C=O) groups is 3. The summed E-state index contributed by atoms with van der Waals surface area (Å²) in [5, 5.41) is 31.3. The minimum atomic E-state index is -1.16. The molecule has 5 unspecified atom stereocenters. The molecule has 200 valence electrons. The second kappa shape index (κ2) is 12.9. The Hall–Kier alpha value is -3.89. The van der Waals surface area contributed by atoms with Crippen molar-refractivity contribution >= 4 is 29.5 Å². The zero-order chi connectivity index (χ0) is 26.9. The number of aromatic amines is 1. The van der Waals surface area contributed by atoms with Gasteiger partial charge in [-0.15, -0.1) is 0 Å². The number of aliphatic hydroxyl groups excluding tert-OH is 2. The number of carboxylic acids is 1. The van der Waals surface area contributed by atoms with E-state index < -0.39 is 36.0 Å². The Morgan fingerprint density at radius 2 is 1.89 bits per heavy atom. The van der Waals surface area contributed by atoms with Gasteiger partial charge in [0, 0.05) is 18.3 Å². The first-order valence-corrected chi connectivity index (χ1v) is 11.1. The number of epoxide rings is 1. The van der Waals surface area contributed by atoms with Crippen molar-refractivity contribution < 1.29 is 43.9 Å². The Morgan fingerprint density at radius 3 is 2.46 bits per heavy atom. The molecule has 0 radical (unpaired) electrons. The molecule has 1 aromatic carbocycles. The number of H-pyrrole nitrogens is 1. The number of hydrogen-bond acceptors (Lipinski definition) is 11. The van der Waals surface area contributed by atoms with Crippen molar-refractivity contribution in [3.8, 4) is 0 Å². The van der Waals surface area contributed by atoms with Crippen LogP contribution >= 0.6 is 0 Å². The highest BCUT2D eigenvalue weighted by Crippen LogP contribution is 2.36. The molecule has 2 aromatic rings. The molecule has 15 heteroatoms. The van der Waals surface area contributed by atoms with Gasteiger partial charge in [0.25, 0.3) is 0 Å². The SMILES string of the molecule is NC(CCC(=O)Nc1ccc(COC(=O)Nc2ccnc(=O)[nH]2)cc1)C(=O)O.OCC1OC2OC2C1O. The van der Waals surface area contributed by atoms with Crippen LogP contribution in [-0.2, 0) is 30.4 Å². The third kappa shape index (κ3) is 8.62. The summed E-state index contributed by atoms with van der Waals surface area (Å²) < 4.78 is 14.8. The van der Waals surface area contributed by atoms with E-state index in [1.807, 2.05) is 0 Å². The number of anilines is 2. The lowest BCUT2D eigenvalue weighted by atomic mass is 10.1. The molecule has 0 bridgehead atoms. The molecule has 0 aliphatic carbocycles. The topological polar surface area (TPSA) is 239 Å². The van der Waals surface area contributed by atoms with Gasteiger partial charge in [0.1, 0.15) is 36.8 Å². The van der Waals surface area contributed by atoms with Gasteiger partial charge in [-0.2, -0.15) is 0 Å². The number of benzene rings is 1. The second-order valence-electron chi connectivity index (χ2n) is 8.04. The van der Waals surface area contributed by atoms with E-state index in [0.29, 0.717) is 11.3 Å². The molecule has 1 aromatic heterocycles. The van der Waals surface area contributed by atoms with Gasteiger partial charge in [0.2, 0.25) is 5.91 Å². The number of fused-ring (bicyclic) bond motifs is 1. The average Bonchev–Trinajstić information content (AvgIpc) is 3.58. The molecule has 0 spiro atoms. The molecule has 8 N–H and O–H groups in total. The van der Waals surface area contributed by atoms with Gasteiger partial charge in [0.05, 0.1) is 6.61 Å². The number of nitrogens with zero attached hydrogens (tertiary/aromatic N) is 1. The van der Waals surface area contributed by atoms with Crippen LogP contribution in [-0.4, -0.2) is 80.5 Å². The average molecular weight is 521 g/mol. The Labute approximate surface area is 209 Å². The third-order valence-electron chi connectivity index (χ3n) is 5.21. The number of hydrogen-bond donors (Lipinski definition) is 7. The first-order valence-electron chi connectivity index (χ1n) is 11.1. The second-order valence-corrected chi connectivity index (χ2v) is 8.04. The lowest BCUT2D eigenvalue weighted by molar-refractivity contribution is -0.138. The smallest absolute Gasteiger partial charge is 0.413 e. The molecular weight excluding hydrogens is 494 g/mol. The van der Waals surface area contributed by atoms with E-state index in [9.17, 15) is 19.2 Å². The van der Waals surface area contributed by atoms with E-state index in [2.05, 4.69) is 20.6 Å². The number of aromatic nitrogens is 2. The number of amides is 2. The summed E-state index contributed by atoms with van der Waals surface area (Å²) in [7, 11) is 0. The van der Waals surface area contributed by atoms with Crippen LogP contribution in [0, 0.1) is 0 Å². The highest BCUT2D eigenvalue weighted by molar-refractivity contribution is 5.91. The fourth-order valence-corrected chi connectivity index (χ4v) is 3.13. The maximum absolute atomic E-state index is 11.8. The summed E-state index contributed by atoms with van der Waals surface area (Å²) in [5.74, 6) is -1.35. The standard InChI is InChI=1S/C17H19N5O6.C5H8O4/c18-12(15(24)25)5-6-14(23)20-11-3-1-10(2-4-11)9-28-17(27)22-13-7-8-19-16(26)21-13;6-1-2-3(7)4-5(8-2)9-4/h1-4,7-8,12H,5-6,9,18H2,(H,20,23)(H,24,25)(H2,19,21,22,26,27);2-7H,1H2. The summed E-state index contributed by atoms with van der Waals surface area (Å²) in [6.45, 7) is -0.152. The summed E-state index contributed by atoms with van der Waals surface area (Å²) in [6, 6.07) is 6.86.